The first-order valence-electron chi connectivity index (χ1n) is 23.3. The SMILES string of the molecule is CC(C)(C)c1ccc2c(c1)c1ccccc1n2-c1ccc(-c2ccc(C#N)cc2)c(-c2nc(-c3ccccc3)nc(-c3cc(-n4c5ccccc5c5cc(C(C)(C)C)ccc54)ccc3C(F)(F)F)n2)c1. The third-order valence-electron chi connectivity index (χ3n) is 13.4. The smallest absolute Gasteiger partial charge is 0.309 e. The van der Waals surface area contributed by atoms with Crippen molar-refractivity contribution in [1.82, 2.24) is 24.1 Å². The predicted molar refractivity (Wildman–Crippen MR) is 277 cm³/mol. The summed E-state index contributed by atoms with van der Waals surface area (Å²) in [5, 5.41) is 13.9. The van der Waals surface area contributed by atoms with E-state index in [4.69, 9.17) is 15.0 Å². The molecule has 0 atom stereocenters. The Balaban J connectivity index is 1.19. The zero-order valence-corrected chi connectivity index (χ0v) is 39.6. The molecule has 0 spiro atoms. The summed E-state index contributed by atoms with van der Waals surface area (Å²) >= 11 is 0. The minimum absolute atomic E-state index is 0.0781. The lowest BCUT2D eigenvalue weighted by molar-refractivity contribution is -0.137. The van der Waals surface area contributed by atoms with Crippen LogP contribution < -0.4 is 0 Å². The molecule has 3 aromatic heterocycles. The van der Waals surface area contributed by atoms with E-state index in [0.717, 1.165) is 72.1 Å². The van der Waals surface area contributed by atoms with Crippen molar-refractivity contribution in [2.75, 3.05) is 0 Å². The number of nitrogens with zero attached hydrogens (tertiary/aromatic N) is 6. The van der Waals surface area contributed by atoms with Gasteiger partial charge in [-0.05, 0) is 112 Å². The maximum Gasteiger partial charge on any atom is 0.417 e. The minimum atomic E-state index is -4.76. The van der Waals surface area contributed by atoms with Crippen molar-refractivity contribution in [1.29, 1.82) is 5.26 Å². The first-order valence-corrected chi connectivity index (χ1v) is 23.3. The Hall–Kier alpha value is -8.35. The first-order chi connectivity index (χ1) is 33.5. The molecule has 70 heavy (non-hydrogen) atoms. The van der Waals surface area contributed by atoms with Gasteiger partial charge in [0.1, 0.15) is 0 Å². The van der Waals surface area contributed by atoms with Gasteiger partial charge in [-0.3, -0.25) is 0 Å². The molecule has 6 nitrogen and oxygen atoms in total. The van der Waals surface area contributed by atoms with E-state index in [1.807, 2.05) is 95.6 Å². The second kappa shape index (κ2) is 16.4. The van der Waals surface area contributed by atoms with E-state index in [9.17, 15) is 5.26 Å². The number of fused-ring (bicyclic) bond motifs is 6. The molecule has 0 aliphatic rings. The van der Waals surface area contributed by atoms with Gasteiger partial charge < -0.3 is 9.13 Å². The average Bonchev–Trinajstić information content (AvgIpc) is 3.88. The first kappa shape index (κ1) is 44.2. The van der Waals surface area contributed by atoms with Crippen LogP contribution in [0.5, 0.6) is 0 Å². The average molecular weight is 921 g/mol. The summed E-state index contributed by atoms with van der Waals surface area (Å²) in [5.74, 6) is 0.274. The summed E-state index contributed by atoms with van der Waals surface area (Å²) in [6, 6.07) is 58.2. The molecule has 0 saturated carbocycles. The number of aromatic nitrogens is 5. The third-order valence-corrected chi connectivity index (χ3v) is 13.4. The second-order valence-electron chi connectivity index (χ2n) is 20.0. The van der Waals surface area contributed by atoms with Crippen LogP contribution in [0.1, 0.15) is 63.8 Å². The molecule has 342 valence electrons. The number of halogens is 3. The number of nitriles is 1. The van der Waals surface area contributed by atoms with Crippen molar-refractivity contribution in [3.05, 3.63) is 198 Å². The standard InChI is InChI=1S/C61H47F3N6/c1-59(2,3)40-24-30-54-47(32-40)45-16-10-12-18-52(45)69(54)42-26-28-44(38-22-20-37(36-65)21-23-38)49(34-42)57-66-56(39-14-8-7-9-15-39)67-58(68-57)50-35-43(27-29-51(50)61(62,63)64)70-53-19-13-11-17-46(53)48-33-41(60(4,5)6)25-31-55(48)70/h7-35H,1-6H3. The van der Waals surface area contributed by atoms with Crippen LogP contribution in [0.15, 0.2) is 176 Å². The van der Waals surface area contributed by atoms with Crippen molar-refractivity contribution in [2.45, 2.75) is 58.5 Å². The van der Waals surface area contributed by atoms with Crippen LogP contribution in [-0.2, 0) is 17.0 Å². The Morgan fingerprint density at radius 2 is 0.886 bits per heavy atom. The molecule has 0 aliphatic carbocycles. The molecule has 0 unspecified atom stereocenters. The number of hydrogen-bond acceptors (Lipinski definition) is 4. The van der Waals surface area contributed by atoms with Crippen molar-refractivity contribution in [3.8, 4) is 62.7 Å². The Kier molecular flexibility index (Phi) is 10.4. The van der Waals surface area contributed by atoms with E-state index in [0.29, 0.717) is 22.4 Å². The quantitative estimate of drug-likeness (QED) is 0.167. The molecule has 11 rings (SSSR count). The van der Waals surface area contributed by atoms with E-state index in [-0.39, 0.29) is 33.9 Å². The molecule has 11 aromatic rings. The molecule has 0 bridgehead atoms. The molecule has 0 amide bonds. The van der Waals surface area contributed by atoms with Crippen LogP contribution in [0.25, 0.3) is 100 Å². The van der Waals surface area contributed by atoms with Crippen LogP contribution in [0.3, 0.4) is 0 Å². The normalized spacial score (nSPS) is 12.3. The van der Waals surface area contributed by atoms with Crippen LogP contribution >= 0.6 is 0 Å². The summed E-state index contributed by atoms with van der Waals surface area (Å²) in [6.45, 7) is 13.1. The van der Waals surface area contributed by atoms with Crippen LogP contribution in [0.2, 0.25) is 0 Å². The number of para-hydroxylation sites is 2. The molecular formula is C61H47F3N6. The Bertz CT molecular complexity index is 3900. The topological polar surface area (TPSA) is 72.3 Å². The van der Waals surface area contributed by atoms with Crippen molar-refractivity contribution in [2.24, 2.45) is 0 Å². The fourth-order valence-corrected chi connectivity index (χ4v) is 9.70. The van der Waals surface area contributed by atoms with Crippen LogP contribution in [0, 0.1) is 11.3 Å². The summed E-state index contributed by atoms with van der Waals surface area (Å²) in [5.41, 5.74) is 9.35. The number of alkyl halides is 3. The third kappa shape index (κ3) is 7.66. The number of rotatable bonds is 6. The molecule has 9 heteroatoms. The predicted octanol–water partition coefficient (Wildman–Crippen LogP) is 16.2. The van der Waals surface area contributed by atoms with Crippen molar-refractivity contribution in [3.63, 3.8) is 0 Å². The van der Waals surface area contributed by atoms with Crippen molar-refractivity contribution < 1.29 is 13.2 Å². The lowest BCUT2D eigenvalue weighted by atomic mass is 9.86. The molecule has 0 saturated heterocycles. The molecule has 8 aromatic carbocycles. The fraction of sp³-hybridized carbons (Fsp3) is 0.148. The van der Waals surface area contributed by atoms with Gasteiger partial charge in [-0.15, -0.1) is 0 Å². The zero-order valence-electron chi connectivity index (χ0n) is 39.6. The highest BCUT2D eigenvalue weighted by molar-refractivity contribution is 6.11. The molecule has 0 radical (unpaired) electrons. The van der Waals surface area contributed by atoms with Gasteiger partial charge in [0.05, 0.1) is 39.3 Å². The van der Waals surface area contributed by atoms with E-state index in [2.05, 4.69) is 107 Å². The molecule has 3 heterocycles. The van der Waals surface area contributed by atoms with E-state index in [1.54, 1.807) is 18.2 Å². The Morgan fingerprint density at radius 1 is 0.414 bits per heavy atom. The lowest BCUT2D eigenvalue weighted by Gasteiger charge is -2.19. The molecule has 0 aliphatic heterocycles. The van der Waals surface area contributed by atoms with E-state index < -0.39 is 11.7 Å². The highest BCUT2D eigenvalue weighted by Crippen LogP contribution is 2.43. The van der Waals surface area contributed by atoms with Gasteiger partial charge in [-0.2, -0.15) is 18.4 Å². The van der Waals surface area contributed by atoms with Crippen LogP contribution in [0.4, 0.5) is 13.2 Å². The molecule has 0 N–H and O–H groups in total. The Labute approximate surface area is 404 Å². The van der Waals surface area contributed by atoms with Crippen molar-refractivity contribution >= 4 is 43.6 Å². The van der Waals surface area contributed by atoms with Crippen LogP contribution in [-0.4, -0.2) is 24.1 Å². The van der Waals surface area contributed by atoms with Gasteiger partial charge in [-0.1, -0.05) is 139 Å². The van der Waals surface area contributed by atoms with E-state index >= 15 is 13.2 Å². The maximum absolute atomic E-state index is 15.5. The van der Waals surface area contributed by atoms with Gasteiger partial charge in [-0.25, -0.2) is 15.0 Å². The van der Waals surface area contributed by atoms with Gasteiger partial charge in [0.2, 0.25) is 0 Å². The highest BCUT2D eigenvalue weighted by Gasteiger charge is 2.35. The fourth-order valence-electron chi connectivity index (χ4n) is 9.70. The van der Waals surface area contributed by atoms with Gasteiger partial charge in [0, 0.05) is 49.6 Å². The number of hydrogen-bond donors (Lipinski definition) is 0. The largest absolute Gasteiger partial charge is 0.417 e. The molecule has 0 fully saturated rings. The summed E-state index contributed by atoms with van der Waals surface area (Å²) in [6.07, 6.45) is -4.76. The summed E-state index contributed by atoms with van der Waals surface area (Å²) < 4.78 is 50.8. The Morgan fingerprint density at radius 3 is 1.41 bits per heavy atom. The second-order valence-corrected chi connectivity index (χ2v) is 20.0. The summed E-state index contributed by atoms with van der Waals surface area (Å²) in [4.78, 5) is 15.1. The maximum atomic E-state index is 15.5. The number of benzene rings is 8. The minimum Gasteiger partial charge on any atom is -0.309 e. The monoisotopic (exact) mass is 920 g/mol. The van der Waals surface area contributed by atoms with E-state index in [1.165, 1.54) is 11.6 Å². The highest BCUT2D eigenvalue weighted by atomic mass is 19.4. The van der Waals surface area contributed by atoms with Gasteiger partial charge >= 0.3 is 6.18 Å². The zero-order chi connectivity index (χ0) is 48.7. The van der Waals surface area contributed by atoms with Gasteiger partial charge in [0.25, 0.3) is 0 Å². The lowest BCUT2D eigenvalue weighted by Crippen LogP contribution is -2.11. The summed E-state index contributed by atoms with van der Waals surface area (Å²) in [7, 11) is 0. The van der Waals surface area contributed by atoms with Gasteiger partial charge in [0.15, 0.2) is 17.5 Å². The molecular weight excluding hydrogens is 874 g/mol.